The van der Waals surface area contributed by atoms with Crippen molar-refractivity contribution >= 4 is 5.91 Å². The molecule has 2 rings (SSSR count). The highest BCUT2D eigenvalue weighted by molar-refractivity contribution is 5.80. The summed E-state index contributed by atoms with van der Waals surface area (Å²) in [6.07, 6.45) is 6.43. The van der Waals surface area contributed by atoms with Crippen molar-refractivity contribution in [1.29, 1.82) is 0 Å². The molecule has 1 saturated carbocycles. The second kappa shape index (κ2) is 5.27. The molecule has 1 amide bonds. The Hall–Kier alpha value is -1.42. The lowest BCUT2D eigenvalue weighted by Gasteiger charge is -2.19. The average Bonchev–Trinajstić information content (AvgIpc) is 2.76. The molecule has 1 aromatic rings. The molecule has 3 atom stereocenters. The van der Waals surface area contributed by atoms with Crippen LogP contribution >= 0.6 is 0 Å². The highest BCUT2D eigenvalue weighted by atomic mass is 16.2. The standard InChI is InChI=1S/C13H19N3O/c1-9(10-4-3-7-15-8-10)16-13(17)11-5-2-6-12(11)14/h3-4,7-9,11-12H,2,5-6,14H2,1H3,(H,16,17)/t9-,11?,12?/m0/s1. The summed E-state index contributed by atoms with van der Waals surface area (Å²) in [7, 11) is 0. The van der Waals surface area contributed by atoms with Gasteiger partial charge in [-0.3, -0.25) is 9.78 Å². The van der Waals surface area contributed by atoms with E-state index in [2.05, 4.69) is 10.3 Å². The quantitative estimate of drug-likeness (QED) is 0.829. The van der Waals surface area contributed by atoms with Crippen LogP contribution in [0.3, 0.4) is 0 Å². The zero-order valence-corrected chi connectivity index (χ0v) is 10.1. The van der Waals surface area contributed by atoms with Crippen LogP contribution in [-0.4, -0.2) is 16.9 Å². The first-order valence-corrected chi connectivity index (χ1v) is 6.14. The normalized spacial score (nSPS) is 25.5. The number of carbonyl (C=O) groups is 1. The van der Waals surface area contributed by atoms with Crippen molar-refractivity contribution in [1.82, 2.24) is 10.3 Å². The van der Waals surface area contributed by atoms with Gasteiger partial charge in [0.25, 0.3) is 0 Å². The summed E-state index contributed by atoms with van der Waals surface area (Å²) in [5.74, 6) is 0.0560. The van der Waals surface area contributed by atoms with Gasteiger partial charge in [-0.25, -0.2) is 0 Å². The van der Waals surface area contributed by atoms with Gasteiger partial charge in [0.2, 0.25) is 5.91 Å². The van der Waals surface area contributed by atoms with Crippen molar-refractivity contribution in [3.63, 3.8) is 0 Å². The fourth-order valence-corrected chi connectivity index (χ4v) is 2.35. The van der Waals surface area contributed by atoms with Gasteiger partial charge < -0.3 is 11.1 Å². The molecule has 0 aromatic carbocycles. The predicted octanol–water partition coefficient (Wildman–Crippen LogP) is 1.39. The van der Waals surface area contributed by atoms with Gasteiger partial charge in [0.1, 0.15) is 0 Å². The molecule has 1 heterocycles. The predicted molar refractivity (Wildman–Crippen MR) is 66.1 cm³/mol. The van der Waals surface area contributed by atoms with Gasteiger partial charge in [0, 0.05) is 18.4 Å². The minimum absolute atomic E-state index is 0.0102. The zero-order valence-electron chi connectivity index (χ0n) is 10.1. The SMILES string of the molecule is C[C@H](NC(=O)C1CCCC1N)c1cccnc1. The van der Waals surface area contributed by atoms with Crippen molar-refractivity contribution in [2.24, 2.45) is 11.7 Å². The van der Waals surface area contributed by atoms with Crippen molar-refractivity contribution in [2.45, 2.75) is 38.3 Å². The van der Waals surface area contributed by atoms with E-state index in [0.717, 1.165) is 24.8 Å². The lowest BCUT2D eigenvalue weighted by atomic mass is 10.0. The molecule has 0 saturated heterocycles. The summed E-state index contributed by atoms with van der Waals surface area (Å²) in [6, 6.07) is 3.85. The maximum absolute atomic E-state index is 12.0. The van der Waals surface area contributed by atoms with Gasteiger partial charge in [0.15, 0.2) is 0 Å². The second-order valence-electron chi connectivity index (χ2n) is 4.72. The number of carbonyl (C=O) groups excluding carboxylic acids is 1. The van der Waals surface area contributed by atoms with E-state index in [-0.39, 0.29) is 23.9 Å². The van der Waals surface area contributed by atoms with Gasteiger partial charge in [-0.2, -0.15) is 0 Å². The van der Waals surface area contributed by atoms with Crippen molar-refractivity contribution < 1.29 is 4.79 Å². The van der Waals surface area contributed by atoms with Crippen molar-refractivity contribution in [2.75, 3.05) is 0 Å². The number of rotatable bonds is 3. The highest BCUT2D eigenvalue weighted by Gasteiger charge is 2.30. The molecular formula is C13H19N3O. The number of nitrogens with two attached hydrogens (primary N) is 1. The van der Waals surface area contributed by atoms with Crippen LogP contribution in [0.5, 0.6) is 0 Å². The molecule has 1 aromatic heterocycles. The van der Waals surface area contributed by atoms with E-state index in [1.807, 2.05) is 19.1 Å². The molecule has 3 N–H and O–H groups in total. The van der Waals surface area contributed by atoms with Crippen LogP contribution in [0.15, 0.2) is 24.5 Å². The van der Waals surface area contributed by atoms with Crippen LogP contribution in [-0.2, 0) is 4.79 Å². The van der Waals surface area contributed by atoms with E-state index in [4.69, 9.17) is 5.73 Å². The monoisotopic (exact) mass is 233 g/mol. The molecule has 92 valence electrons. The third-order valence-corrected chi connectivity index (χ3v) is 3.45. The number of nitrogens with one attached hydrogen (secondary N) is 1. The molecule has 0 spiro atoms. The van der Waals surface area contributed by atoms with Crippen LogP contribution in [0.1, 0.15) is 37.8 Å². The number of aromatic nitrogens is 1. The molecule has 0 aliphatic heterocycles. The molecule has 1 aliphatic carbocycles. The molecule has 0 bridgehead atoms. The van der Waals surface area contributed by atoms with Crippen LogP contribution in [0.2, 0.25) is 0 Å². The van der Waals surface area contributed by atoms with E-state index >= 15 is 0 Å². The number of hydrogen-bond donors (Lipinski definition) is 2. The molecule has 2 unspecified atom stereocenters. The Morgan fingerprint density at radius 2 is 2.41 bits per heavy atom. The summed E-state index contributed by atoms with van der Waals surface area (Å²) in [4.78, 5) is 16.1. The number of hydrogen-bond acceptors (Lipinski definition) is 3. The molecule has 0 radical (unpaired) electrons. The Morgan fingerprint density at radius 3 is 3.00 bits per heavy atom. The molecular weight excluding hydrogens is 214 g/mol. The summed E-state index contributed by atoms with van der Waals surface area (Å²) >= 11 is 0. The van der Waals surface area contributed by atoms with Crippen LogP contribution in [0, 0.1) is 5.92 Å². The topological polar surface area (TPSA) is 68.0 Å². The first kappa shape index (κ1) is 12.0. The van der Waals surface area contributed by atoms with E-state index in [1.165, 1.54) is 0 Å². The van der Waals surface area contributed by atoms with Gasteiger partial charge in [-0.15, -0.1) is 0 Å². The average molecular weight is 233 g/mol. The zero-order chi connectivity index (χ0) is 12.3. The lowest BCUT2D eigenvalue weighted by Crippen LogP contribution is -2.39. The number of pyridine rings is 1. The van der Waals surface area contributed by atoms with Crippen LogP contribution < -0.4 is 11.1 Å². The molecule has 1 fully saturated rings. The van der Waals surface area contributed by atoms with Crippen molar-refractivity contribution in [3.05, 3.63) is 30.1 Å². The number of amides is 1. The maximum atomic E-state index is 12.0. The van der Waals surface area contributed by atoms with Gasteiger partial charge >= 0.3 is 0 Å². The lowest BCUT2D eigenvalue weighted by molar-refractivity contribution is -0.125. The third kappa shape index (κ3) is 2.82. The summed E-state index contributed by atoms with van der Waals surface area (Å²) in [6.45, 7) is 1.97. The van der Waals surface area contributed by atoms with E-state index in [0.29, 0.717) is 0 Å². The fourth-order valence-electron chi connectivity index (χ4n) is 2.35. The largest absolute Gasteiger partial charge is 0.349 e. The van der Waals surface area contributed by atoms with E-state index in [1.54, 1.807) is 12.4 Å². The Kier molecular flexibility index (Phi) is 3.74. The first-order chi connectivity index (χ1) is 8.18. The summed E-state index contributed by atoms with van der Waals surface area (Å²) < 4.78 is 0. The minimum atomic E-state index is -0.0193. The Morgan fingerprint density at radius 1 is 1.59 bits per heavy atom. The Bertz CT molecular complexity index is 380. The van der Waals surface area contributed by atoms with Crippen molar-refractivity contribution in [3.8, 4) is 0 Å². The fraction of sp³-hybridized carbons (Fsp3) is 0.538. The highest BCUT2D eigenvalue weighted by Crippen LogP contribution is 2.25. The second-order valence-corrected chi connectivity index (χ2v) is 4.72. The summed E-state index contributed by atoms with van der Waals surface area (Å²) in [5, 5.41) is 3.01. The first-order valence-electron chi connectivity index (χ1n) is 6.14. The van der Waals surface area contributed by atoms with Crippen LogP contribution in [0.25, 0.3) is 0 Å². The minimum Gasteiger partial charge on any atom is -0.349 e. The third-order valence-electron chi connectivity index (χ3n) is 3.45. The molecule has 4 heteroatoms. The van der Waals surface area contributed by atoms with E-state index in [9.17, 15) is 4.79 Å². The van der Waals surface area contributed by atoms with Gasteiger partial charge in [-0.05, 0) is 31.4 Å². The van der Waals surface area contributed by atoms with E-state index < -0.39 is 0 Å². The molecule has 4 nitrogen and oxygen atoms in total. The smallest absolute Gasteiger partial charge is 0.225 e. The summed E-state index contributed by atoms with van der Waals surface area (Å²) in [5.41, 5.74) is 6.94. The molecule has 1 aliphatic rings. The Balaban J connectivity index is 1.95. The van der Waals surface area contributed by atoms with Gasteiger partial charge in [-0.1, -0.05) is 12.5 Å². The molecule has 17 heavy (non-hydrogen) atoms. The maximum Gasteiger partial charge on any atom is 0.225 e. The van der Waals surface area contributed by atoms with Crippen LogP contribution in [0.4, 0.5) is 0 Å². The Labute approximate surface area is 102 Å². The number of nitrogens with zero attached hydrogens (tertiary/aromatic N) is 1. The van der Waals surface area contributed by atoms with Gasteiger partial charge in [0.05, 0.1) is 12.0 Å².